The summed E-state index contributed by atoms with van der Waals surface area (Å²) in [5, 5.41) is 2.59. The zero-order valence-corrected chi connectivity index (χ0v) is 9.79. The van der Waals surface area contributed by atoms with Crippen molar-refractivity contribution < 1.29 is 14.3 Å². The van der Waals surface area contributed by atoms with Crippen molar-refractivity contribution in [1.82, 2.24) is 15.0 Å². The summed E-state index contributed by atoms with van der Waals surface area (Å²) in [6, 6.07) is 0. The zero-order chi connectivity index (χ0) is 13.5. The topological polar surface area (TPSA) is 138 Å². The molecule has 5 N–H and O–H groups in total. The zero-order valence-electron chi connectivity index (χ0n) is 9.79. The largest absolute Gasteiger partial charge is 0.413 e. The predicted molar refractivity (Wildman–Crippen MR) is 64.0 cm³/mol. The number of rotatable bonds is 6. The minimum absolute atomic E-state index is 0.0373. The van der Waals surface area contributed by atoms with E-state index in [0.717, 1.165) is 6.08 Å². The number of carbonyl (C=O) groups excluding carboxylic acids is 1. The van der Waals surface area contributed by atoms with Gasteiger partial charge in [0.05, 0.1) is 0 Å². The molecule has 0 fully saturated rings. The van der Waals surface area contributed by atoms with Crippen molar-refractivity contribution in [3.63, 3.8) is 0 Å². The Hall–Kier alpha value is -2.42. The van der Waals surface area contributed by atoms with Crippen molar-refractivity contribution in [2.24, 2.45) is 0 Å². The fourth-order valence-electron chi connectivity index (χ4n) is 0.989. The lowest BCUT2D eigenvalue weighted by Gasteiger charge is -2.17. The number of anilines is 3. The Kier molecular flexibility index (Phi) is 4.81. The smallest absolute Gasteiger partial charge is 0.333 e. The molecule has 1 aromatic heterocycles. The standard InChI is InChI=1S/C9H14N6O3/c1-3-5(16)18-9(17-4-2)15-8-13-6(10)12-7(11)14-8/h3,9H,1,4H2,2H3,(H5,10,11,12,13,14,15). The summed E-state index contributed by atoms with van der Waals surface area (Å²) in [5.41, 5.74) is 10.8. The highest BCUT2D eigenvalue weighted by atomic mass is 16.7. The molecule has 98 valence electrons. The minimum Gasteiger partial charge on any atom is -0.413 e. The highest BCUT2D eigenvalue weighted by molar-refractivity contribution is 5.81. The number of aromatic nitrogens is 3. The van der Waals surface area contributed by atoms with Gasteiger partial charge in [-0.05, 0) is 6.92 Å². The summed E-state index contributed by atoms with van der Waals surface area (Å²) in [6.07, 6.45) is -0.0641. The third kappa shape index (κ3) is 4.22. The van der Waals surface area contributed by atoms with E-state index in [4.69, 9.17) is 20.9 Å². The SMILES string of the molecule is C=CC(=O)OC(Nc1nc(N)nc(N)n1)OCC. The second kappa shape index (κ2) is 6.35. The lowest BCUT2D eigenvalue weighted by Crippen LogP contribution is -2.30. The van der Waals surface area contributed by atoms with E-state index in [1.54, 1.807) is 6.92 Å². The number of esters is 1. The molecule has 0 bridgehead atoms. The van der Waals surface area contributed by atoms with Gasteiger partial charge in [0.1, 0.15) is 0 Å². The van der Waals surface area contributed by atoms with Crippen LogP contribution in [0.1, 0.15) is 6.92 Å². The van der Waals surface area contributed by atoms with E-state index in [2.05, 4.69) is 26.8 Å². The van der Waals surface area contributed by atoms with Crippen molar-refractivity contribution in [1.29, 1.82) is 0 Å². The third-order valence-corrected chi connectivity index (χ3v) is 1.62. The van der Waals surface area contributed by atoms with E-state index in [1.165, 1.54) is 0 Å². The number of hydrogen-bond acceptors (Lipinski definition) is 9. The average molecular weight is 254 g/mol. The second-order valence-corrected chi connectivity index (χ2v) is 2.95. The molecule has 0 saturated carbocycles. The van der Waals surface area contributed by atoms with Crippen LogP contribution in [0.3, 0.4) is 0 Å². The van der Waals surface area contributed by atoms with Crippen LogP contribution in [0.5, 0.6) is 0 Å². The molecule has 0 aliphatic heterocycles. The maximum atomic E-state index is 11.1. The number of nitrogen functional groups attached to an aromatic ring is 2. The number of nitrogens with zero attached hydrogens (tertiary/aromatic N) is 3. The average Bonchev–Trinajstić information content (AvgIpc) is 2.27. The molecule has 0 saturated heterocycles. The first kappa shape index (κ1) is 13.6. The van der Waals surface area contributed by atoms with Crippen LogP contribution in [0, 0.1) is 0 Å². The Balaban J connectivity index is 2.75. The molecule has 1 heterocycles. The van der Waals surface area contributed by atoms with Crippen molar-refractivity contribution >= 4 is 23.8 Å². The molecule has 1 aromatic rings. The summed E-state index contributed by atoms with van der Waals surface area (Å²) >= 11 is 0. The third-order valence-electron chi connectivity index (χ3n) is 1.62. The first-order valence-electron chi connectivity index (χ1n) is 5.03. The van der Waals surface area contributed by atoms with Crippen LogP contribution in [-0.2, 0) is 14.3 Å². The van der Waals surface area contributed by atoms with Crippen molar-refractivity contribution in [2.75, 3.05) is 23.4 Å². The van der Waals surface area contributed by atoms with E-state index in [-0.39, 0.29) is 17.8 Å². The molecule has 1 unspecified atom stereocenters. The number of hydrogen-bond donors (Lipinski definition) is 3. The number of nitrogens with two attached hydrogens (primary N) is 2. The van der Waals surface area contributed by atoms with E-state index < -0.39 is 12.4 Å². The van der Waals surface area contributed by atoms with Gasteiger partial charge in [-0.2, -0.15) is 15.0 Å². The first-order valence-corrected chi connectivity index (χ1v) is 5.03. The van der Waals surface area contributed by atoms with E-state index in [1.807, 2.05) is 0 Å². The first-order chi connectivity index (χ1) is 8.55. The van der Waals surface area contributed by atoms with E-state index in [9.17, 15) is 4.79 Å². The Morgan fingerprint density at radius 2 is 2.06 bits per heavy atom. The van der Waals surface area contributed by atoms with Crippen molar-refractivity contribution in [3.05, 3.63) is 12.7 Å². The molecule has 0 aliphatic carbocycles. The number of carbonyl (C=O) groups is 1. The summed E-state index contributed by atoms with van der Waals surface area (Å²) < 4.78 is 9.97. The molecule has 1 atom stereocenters. The summed E-state index contributed by atoms with van der Waals surface area (Å²) in [5.74, 6) is -0.739. The lowest BCUT2D eigenvalue weighted by molar-refractivity contribution is -0.165. The fourth-order valence-corrected chi connectivity index (χ4v) is 0.989. The van der Waals surface area contributed by atoms with Gasteiger partial charge in [0, 0.05) is 12.7 Å². The van der Waals surface area contributed by atoms with Gasteiger partial charge < -0.3 is 20.9 Å². The molecule has 9 heteroatoms. The summed E-state index contributed by atoms with van der Waals surface area (Å²) in [4.78, 5) is 22.2. The van der Waals surface area contributed by atoms with Gasteiger partial charge in [0.2, 0.25) is 17.8 Å². The molecule has 1 rings (SSSR count). The second-order valence-electron chi connectivity index (χ2n) is 2.95. The molecule has 0 aromatic carbocycles. The van der Waals surface area contributed by atoms with E-state index in [0.29, 0.717) is 6.61 Å². The van der Waals surface area contributed by atoms with Gasteiger partial charge in [-0.15, -0.1) is 0 Å². The quantitative estimate of drug-likeness (QED) is 0.348. The van der Waals surface area contributed by atoms with Crippen LogP contribution < -0.4 is 16.8 Å². The Bertz CT molecular complexity index is 418. The highest BCUT2D eigenvalue weighted by Gasteiger charge is 2.14. The van der Waals surface area contributed by atoms with Crippen molar-refractivity contribution in [2.45, 2.75) is 13.3 Å². The van der Waals surface area contributed by atoms with Gasteiger partial charge in [-0.1, -0.05) is 6.58 Å². The normalized spacial score (nSPS) is 11.6. The summed E-state index contributed by atoms with van der Waals surface area (Å²) in [6.45, 7) is 5.30. The van der Waals surface area contributed by atoms with Gasteiger partial charge in [-0.25, -0.2) is 4.79 Å². The predicted octanol–water partition coefficient (Wildman–Crippen LogP) is -0.503. The fraction of sp³-hybridized carbons (Fsp3) is 0.333. The van der Waals surface area contributed by atoms with Gasteiger partial charge in [0.25, 0.3) is 6.41 Å². The van der Waals surface area contributed by atoms with Crippen LogP contribution in [0.25, 0.3) is 0 Å². The molecule has 9 nitrogen and oxygen atoms in total. The molecule has 0 spiro atoms. The lowest BCUT2D eigenvalue weighted by atomic mass is 10.6. The van der Waals surface area contributed by atoms with Crippen LogP contribution in [0.2, 0.25) is 0 Å². The molecular formula is C9H14N6O3. The molecule has 0 amide bonds. The van der Waals surface area contributed by atoms with Crippen LogP contribution in [0.15, 0.2) is 12.7 Å². The Morgan fingerprint density at radius 1 is 1.44 bits per heavy atom. The molecule has 18 heavy (non-hydrogen) atoms. The number of nitrogens with one attached hydrogen (secondary N) is 1. The maximum Gasteiger partial charge on any atom is 0.333 e. The number of ether oxygens (including phenoxy) is 2. The Morgan fingerprint density at radius 3 is 2.56 bits per heavy atom. The minimum atomic E-state index is -1.07. The molecule has 0 aliphatic rings. The van der Waals surface area contributed by atoms with Crippen LogP contribution in [-0.4, -0.2) is 33.9 Å². The Labute approximate surface area is 103 Å². The molecular weight excluding hydrogens is 240 g/mol. The van der Waals surface area contributed by atoms with Gasteiger partial charge in [-0.3, -0.25) is 5.32 Å². The maximum absolute atomic E-state index is 11.1. The van der Waals surface area contributed by atoms with Crippen LogP contribution in [0.4, 0.5) is 17.8 Å². The molecule has 0 radical (unpaired) electrons. The summed E-state index contributed by atoms with van der Waals surface area (Å²) in [7, 11) is 0. The monoisotopic (exact) mass is 254 g/mol. The van der Waals surface area contributed by atoms with Gasteiger partial charge >= 0.3 is 5.97 Å². The highest BCUT2D eigenvalue weighted by Crippen LogP contribution is 2.07. The van der Waals surface area contributed by atoms with Gasteiger partial charge in [0.15, 0.2) is 0 Å². The van der Waals surface area contributed by atoms with Crippen LogP contribution >= 0.6 is 0 Å². The van der Waals surface area contributed by atoms with Crippen molar-refractivity contribution in [3.8, 4) is 0 Å². The van der Waals surface area contributed by atoms with E-state index >= 15 is 0 Å².